The Labute approximate surface area is 118 Å². The number of pyridine rings is 2. The van der Waals surface area contributed by atoms with Crippen molar-refractivity contribution in [1.29, 1.82) is 0 Å². The van der Waals surface area contributed by atoms with Crippen molar-refractivity contribution in [3.63, 3.8) is 0 Å². The van der Waals surface area contributed by atoms with E-state index in [0.717, 1.165) is 33.6 Å². The Kier molecular flexibility index (Phi) is 2.90. The maximum Gasteiger partial charge on any atom is 0.0696 e. The highest BCUT2D eigenvalue weighted by Gasteiger charge is 2.09. The fourth-order valence-electron chi connectivity index (χ4n) is 2.45. The summed E-state index contributed by atoms with van der Waals surface area (Å²) in [6.45, 7) is 10.3. The lowest BCUT2D eigenvalue weighted by atomic mass is 9.98. The van der Waals surface area contributed by atoms with Crippen molar-refractivity contribution in [2.45, 2.75) is 20.8 Å². The van der Waals surface area contributed by atoms with Crippen LogP contribution in [0.4, 0.5) is 0 Å². The molecule has 0 N–H and O–H groups in total. The smallest absolute Gasteiger partial charge is 0.0696 e. The first-order chi connectivity index (χ1) is 9.56. The lowest BCUT2D eigenvalue weighted by Gasteiger charge is -2.10. The maximum absolute atomic E-state index is 4.51. The van der Waals surface area contributed by atoms with Crippen LogP contribution in [-0.2, 0) is 0 Å². The molecule has 0 unspecified atom stereocenters. The van der Waals surface area contributed by atoms with Crippen molar-refractivity contribution in [3.05, 3.63) is 71.3 Å². The van der Waals surface area contributed by atoms with Gasteiger partial charge in [-0.2, -0.15) is 5.10 Å². The third kappa shape index (κ3) is 2.01. The zero-order chi connectivity index (χ0) is 14.3. The number of aromatic nitrogens is 3. The maximum atomic E-state index is 4.51. The fourth-order valence-corrected chi connectivity index (χ4v) is 2.45. The second kappa shape index (κ2) is 4.60. The standard InChI is InChI=1S/C17H17N3/c1-11-10-18-20-8-7-15(9-17(11)20)13(3)16-6-5-12(2)19-14(16)4/h5-10H,3H2,1-2,4H3. The van der Waals surface area contributed by atoms with Crippen LogP contribution in [0.2, 0.25) is 0 Å². The Bertz CT molecular complexity index is 812. The summed E-state index contributed by atoms with van der Waals surface area (Å²) in [6.07, 6.45) is 3.85. The summed E-state index contributed by atoms with van der Waals surface area (Å²) in [5, 5.41) is 4.30. The Morgan fingerprint density at radius 2 is 1.95 bits per heavy atom. The van der Waals surface area contributed by atoms with E-state index in [-0.39, 0.29) is 0 Å². The summed E-state index contributed by atoms with van der Waals surface area (Å²) < 4.78 is 1.88. The van der Waals surface area contributed by atoms with Gasteiger partial charge in [-0.15, -0.1) is 0 Å². The molecule has 0 radical (unpaired) electrons. The van der Waals surface area contributed by atoms with Crippen LogP contribution in [-0.4, -0.2) is 14.6 Å². The molecule has 0 saturated carbocycles. The normalized spacial score (nSPS) is 10.9. The summed E-state index contributed by atoms with van der Waals surface area (Å²) in [5.41, 5.74) is 7.52. The Morgan fingerprint density at radius 3 is 2.70 bits per heavy atom. The number of aryl methyl sites for hydroxylation is 3. The molecule has 0 spiro atoms. The van der Waals surface area contributed by atoms with E-state index in [0.29, 0.717) is 0 Å². The molecule has 3 aromatic heterocycles. The van der Waals surface area contributed by atoms with Gasteiger partial charge in [0.15, 0.2) is 0 Å². The number of nitrogens with zero attached hydrogens (tertiary/aromatic N) is 3. The van der Waals surface area contributed by atoms with Crippen LogP contribution in [0.15, 0.2) is 43.2 Å². The predicted molar refractivity (Wildman–Crippen MR) is 81.8 cm³/mol. The molecule has 3 heteroatoms. The van der Waals surface area contributed by atoms with Crippen molar-refractivity contribution in [1.82, 2.24) is 14.6 Å². The molecule has 3 nitrogen and oxygen atoms in total. The number of fused-ring (bicyclic) bond motifs is 1. The van der Waals surface area contributed by atoms with E-state index in [2.05, 4.69) is 35.7 Å². The lowest BCUT2D eigenvalue weighted by molar-refractivity contribution is 0.960. The van der Waals surface area contributed by atoms with Gasteiger partial charge in [0.2, 0.25) is 0 Å². The highest BCUT2D eigenvalue weighted by atomic mass is 15.2. The van der Waals surface area contributed by atoms with Crippen molar-refractivity contribution in [2.24, 2.45) is 0 Å². The largest absolute Gasteiger partial charge is 0.258 e. The minimum atomic E-state index is 0.998. The molecule has 0 aliphatic heterocycles. The summed E-state index contributed by atoms with van der Waals surface area (Å²) in [4.78, 5) is 4.51. The lowest BCUT2D eigenvalue weighted by Crippen LogP contribution is -1.96. The molecule has 3 heterocycles. The zero-order valence-electron chi connectivity index (χ0n) is 12.0. The SMILES string of the molecule is C=C(c1ccn2ncc(C)c2c1)c1ccc(C)nc1C. The second-order valence-corrected chi connectivity index (χ2v) is 5.14. The Morgan fingerprint density at radius 1 is 1.15 bits per heavy atom. The van der Waals surface area contributed by atoms with Crippen LogP contribution in [0, 0.1) is 20.8 Å². The average molecular weight is 263 g/mol. The van der Waals surface area contributed by atoms with Crippen LogP contribution >= 0.6 is 0 Å². The molecule has 0 aliphatic rings. The molecule has 0 bridgehead atoms. The van der Waals surface area contributed by atoms with Crippen LogP contribution in [0.1, 0.15) is 28.1 Å². The van der Waals surface area contributed by atoms with Gasteiger partial charge in [0.05, 0.1) is 11.7 Å². The van der Waals surface area contributed by atoms with Gasteiger partial charge in [-0.05, 0) is 55.7 Å². The summed E-state index contributed by atoms with van der Waals surface area (Å²) in [5.74, 6) is 0. The number of rotatable bonds is 2. The van der Waals surface area contributed by atoms with Gasteiger partial charge in [0.25, 0.3) is 0 Å². The van der Waals surface area contributed by atoms with E-state index < -0.39 is 0 Å². The number of hydrogen-bond donors (Lipinski definition) is 0. The Hall–Kier alpha value is -2.42. The molecule has 0 atom stereocenters. The van der Waals surface area contributed by atoms with Crippen molar-refractivity contribution >= 4 is 11.1 Å². The highest BCUT2D eigenvalue weighted by Crippen LogP contribution is 2.25. The first kappa shape index (κ1) is 12.6. The first-order valence-corrected chi connectivity index (χ1v) is 6.64. The predicted octanol–water partition coefficient (Wildman–Crippen LogP) is 3.72. The molecular formula is C17H17N3. The van der Waals surface area contributed by atoms with Gasteiger partial charge in [0.1, 0.15) is 0 Å². The fraction of sp³-hybridized carbons (Fsp3) is 0.176. The highest BCUT2D eigenvalue weighted by molar-refractivity contribution is 5.81. The quantitative estimate of drug-likeness (QED) is 0.705. The zero-order valence-corrected chi connectivity index (χ0v) is 12.0. The van der Waals surface area contributed by atoms with E-state index in [1.165, 1.54) is 5.56 Å². The third-order valence-electron chi connectivity index (χ3n) is 3.61. The van der Waals surface area contributed by atoms with Gasteiger partial charge >= 0.3 is 0 Å². The molecule has 3 aromatic rings. The number of hydrogen-bond acceptors (Lipinski definition) is 2. The molecule has 0 aromatic carbocycles. The molecular weight excluding hydrogens is 246 g/mol. The van der Waals surface area contributed by atoms with Gasteiger partial charge in [-0.1, -0.05) is 12.6 Å². The third-order valence-corrected chi connectivity index (χ3v) is 3.61. The molecule has 0 amide bonds. The minimum absolute atomic E-state index is 0.998. The summed E-state index contributed by atoms with van der Waals surface area (Å²) in [6, 6.07) is 8.29. The topological polar surface area (TPSA) is 30.2 Å². The molecule has 100 valence electrons. The molecule has 0 fully saturated rings. The monoisotopic (exact) mass is 263 g/mol. The molecule has 20 heavy (non-hydrogen) atoms. The minimum Gasteiger partial charge on any atom is -0.258 e. The molecule has 3 rings (SSSR count). The van der Waals surface area contributed by atoms with Crippen LogP contribution in [0.3, 0.4) is 0 Å². The molecule has 0 aliphatic carbocycles. The summed E-state index contributed by atoms with van der Waals surface area (Å²) >= 11 is 0. The van der Waals surface area contributed by atoms with Gasteiger partial charge in [-0.25, -0.2) is 4.52 Å². The van der Waals surface area contributed by atoms with E-state index >= 15 is 0 Å². The van der Waals surface area contributed by atoms with E-state index in [9.17, 15) is 0 Å². The average Bonchev–Trinajstić information content (AvgIpc) is 2.79. The van der Waals surface area contributed by atoms with E-state index in [4.69, 9.17) is 0 Å². The van der Waals surface area contributed by atoms with Crippen LogP contribution in [0.25, 0.3) is 11.1 Å². The van der Waals surface area contributed by atoms with Gasteiger partial charge in [-0.3, -0.25) is 4.98 Å². The van der Waals surface area contributed by atoms with E-state index in [1.54, 1.807) is 0 Å². The molecule has 0 saturated heterocycles. The van der Waals surface area contributed by atoms with Crippen molar-refractivity contribution in [2.75, 3.05) is 0 Å². The summed E-state index contributed by atoms with van der Waals surface area (Å²) in [7, 11) is 0. The van der Waals surface area contributed by atoms with Crippen LogP contribution < -0.4 is 0 Å². The van der Waals surface area contributed by atoms with E-state index in [1.807, 2.05) is 42.9 Å². The Balaban J connectivity index is 2.09. The van der Waals surface area contributed by atoms with Crippen molar-refractivity contribution in [3.8, 4) is 0 Å². The first-order valence-electron chi connectivity index (χ1n) is 6.64. The van der Waals surface area contributed by atoms with Gasteiger partial charge < -0.3 is 0 Å². The van der Waals surface area contributed by atoms with Crippen LogP contribution in [0.5, 0.6) is 0 Å². The second-order valence-electron chi connectivity index (χ2n) is 5.14. The van der Waals surface area contributed by atoms with Gasteiger partial charge in [0, 0.05) is 23.1 Å². The van der Waals surface area contributed by atoms with Crippen molar-refractivity contribution < 1.29 is 0 Å².